The zero-order chi connectivity index (χ0) is 29.2. The molecule has 1 nitrogen and oxygen atoms in total. The summed E-state index contributed by atoms with van der Waals surface area (Å²) in [7, 11) is 2.10. The molecule has 37 heavy (non-hydrogen) atoms. The number of hydrogen-bond donors (Lipinski definition) is 0. The molecule has 1 aliphatic carbocycles. The Hall–Kier alpha value is -3.32. The van der Waals surface area contributed by atoms with Crippen molar-refractivity contribution >= 4 is 5.69 Å². The van der Waals surface area contributed by atoms with Crippen LogP contribution in [-0.2, 0) is 5.41 Å². The number of para-hydroxylation sites is 1. The second-order valence-corrected chi connectivity index (χ2v) is 7.10. The van der Waals surface area contributed by atoms with Crippen molar-refractivity contribution in [3.63, 3.8) is 0 Å². The van der Waals surface area contributed by atoms with Gasteiger partial charge in [0.2, 0.25) is 0 Å². The van der Waals surface area contributed by atoms with E-state index in [0.29, 0.717) is 0 Å². The lowest BCUT2D eigenvalue weighted by atomic mass is 9.62. The summed E-state index contributed by atoms with van der Waals surface area (Å²) >= 11 is 0. The van der Waals surface area contributed by atoms with E-state index in [9.17, 15) is 0 Å². The molecule has 1 heterocycles. The second kappa shape index (κ2) is 18.9. The Labute approximate surface area is 230 Å². The van der Waals surface area contributed by atoms with Gasteiger partial charge in [-0.1, -0.05) is 142 Å². The SMILES string of the molecule is C=CC1=C(C=C)C2(C(/C=C\C)=C1C=C)C(/C=C\C)=C(C=C)N(C)c1ccccc12.CC.CC.CC.CC. The highest BCUT2D eigenvalue weighted by Gasteiger charge is 2.51. The van der Waals surface area contributed by atoms with Crippen LogP contribution in [0.2, 0.25) is 0 Å². The van der Waals surface area contributed by atoms with Crippen LogP contribution >= 0.6 is 0 Å². The summed E-state index contributed by atoms with van der Waals surface area (Å²) in [6, 6.07) is 8.57. The van der Waals surface area contributed by atoms with Crippen molar-refractivity contribution in [1.29, 1.82) is 0 Å². The van der Waals surface area contributed by atoms with Crippen LogP contribution in [0.25, 0.3) is 0 Å². The van der Waals surface area contributed by atoms with E-state index in [4.69, 9.17) is 0 Å². The number of hydrogen-bond acceptors (Lipinski definition) is 1. The second-order valence-electron chi connectivity index (χ2n) is 7.10. The quantitative estimate of drug-likeness (QED) is 0.376. The van der Waals surface area contributed by atoms with Gasteiger partial charge in [0, 0.05) is 18.4 Å². The van der Waals surface area contributed by atoms with Gasteiger partial charge in [0.05, 0.1) is 5.41 Å². The first-order valence-corrected chi connectivity index (χ1v) is 13.9. The fourth-order valence-electron chi connectivity index (χ4n) is 4.86. The Kier molecular flexibility index (Phi) is 18.3. The largest absolute Gasteiger partial charge is 0.344 e. The summed E-state index contributed by atoms with van der Waals surface area (Å²) in [6.45, 7) is 36.7. The highest BCUT2D eigenvalue weighted by molar-refractivity contribution is 5.84. The monoisotopic (exact) mass is 499 g/mol. The summed E-state index contributed by atoms with van der Waals surface area (Å²) in [5.41, 5.74) is 8.63. The number of rotatable bonds is 6. The summed E-state index contributed by atoms with van der Waals surface area (Å²) in [6.07, 6.45) is 16.4. The van der Waals surface area contributed by atoms with E-state index in [2.05, 4.69) is 101 Å². The summed E-state index contributed by atoms with van der Waals surface area (Å²) in [5.74, 6) is 0. The van der Waals surface area contributed by atoms with Gasteiger partial charge in [-0.15, -0.1) is 0 Å². The molecule has 1 aliphatic heterocycles. The van der Waals surface area contributed by atoms with E-state index >= 15 is 0 Å². The summed E-state index contributed by atoms with van der Waals surface area (Å²) in [5, 5.41) is 0. The van der Waals surface area contributed by atoms with Gasteiger partial charge in [0.1, 0.15) is 0 Å². The van der Waals surface area contributed by atoms with Crippen LogP contribution in [-0.4, -0.2) is 7.05 Å². The van der Waals surface area contributed by atoms with E-state index in [1.807, 2.05) is 79.7 Å². The van der Waals surface area contributed by atoms with Crippen molar-refractivity contribution in [2.45, 2.75) is 74.7 Å². The molecule has 2 aliphatic rings. The van der Waals surface area contributed by atoms with Crippen LogP contribution in [0.5, 0.6) is 0 Å². The molecule has 3 rings (SSSR count). The third-order valence-corrected chi connectivity index (χ3v) is 5.86. The smallest absolute Gasteiger partial charge is 0.0753 e. The van der Waals surface area contributed by atoms with Gasteiger partial charge in [-0.05, 0) is 59.4 Å². The topological polar surface area (TPSA) is 3.24 Å². The number of benzene rings is 1. The number of likely N-dealkylation sites (N-methyl/N-ethyl adjacent to an activating group) is 1. The average molecular weight is 500 g/mol. The highest BCUT2D eigenvalue weighted by Crippen LogP contribution is 2.60. The first-order chi connectivity index (χ1) is 18.1. The van der Waals surface area contributed by atoms with Gasteiger partial charge in [-0.25, -0.2) is 0 Å². The fraction of sp³-hybridized carbons (Fsp3) is 0.333. The maximum Gasteiger partial charge on any atom is 0.0753 e. The van der Waals surface area contributed by atoms with Crippen molar-refractivity contribution in [2.75, 3.05) is 11.9 Å². The Morgan fingerprint density at radius 3 is 1.51 bits per heavy atom. The van der Waals surface area contributed by atoms with Gasteiger partial charge >= 0.3 is 0 Å². The van der Waals surface area contributed by atoms with Crippen molar-refractivity contribution in [2.24, 2.45) is 0 Å². The zero-order valence-electron chi connectivity index (χ0n) is 25.7. The van der Waals surface area contributed by atoms with Crippen LogP contribution in [0.4, 0.5) is 5.69 Å². The fourth-order valence-corrected chi connectivity index (χ4v) is 4.86. The molecule has 1 heteroatoms. The number of anilines is 1. The number of nitrogens with zero attached hydrogens (tertiary/aromatic N) is 1. The minimum Gasteiger partial charge on any atom is -0.344 e. The first kappa shape index (κ1) is 35.8. The molecular weight excluding hydrogens is 446 g/mol. The molecule has 1 aromatic carbocycles. The number of allylic oxidation sites excluding steroid dienone is 13. The van der Waals surface area contributed by atoms with Crippen molar-refractivity contribution in [1.82, 2.24) is 0 Å². The lowest BCUT2D eigenvalue weighted by molar-refractivity contribution is 0.720. The normalized spacial score (nSPS) is 17.5. The van der Waals surface area contributed by atoms with Gasteiger partial charge in [0.25, 0.3) is 0 Å². The summed E-state index contributed by atoms with van der Waals surface area (Å²) in [4.78, 5) is 2.22. The van der Waals surface area contributed by atoms with Gasteiger partial charge < -0.3 is 4.90 Å². The highest BCUT2D eigenvalue weighted by atomic mass is 15.1. The maximum atomic E-state index is 4.21. The lowest BCUT2D eigenvalue weighted by Crippen LogP contribution is -2.39. The van der Waals surface area contributed by atoms with E-state index < -0.39 is 5.41 Å². The van der Waals surface area contributed by atoms with Gasteiger partial charge in [-0.3, -0.25) is 0 Å². The molecule has 202 valence electrons. The molecule has 1 atom stereocenters. The standard InChI is InChI=1S/C28H29N.4C2H6/c1-8-16-23-21(11-4)20(10-3)22(12-5)28(23)24(17-9-2)26(13-6)29(7)27-19-15-14-18-25(27)28;4*1-2/h8-19H,3-6H2,1-2,7H3;4*1-2H3/b16-8-,17-9-;;;;. The third kappa shape index (κ3) is 6.34. The minimum absolute atomic E-state index is 0.500. The third-order valence-electron chi connectivity index (χ3n) is 5.86. The van der Waals surface area contributed by atoms with Crippen molar-refractivity contribution in [3.05, 3.63) is 138 Å². The van der Waals surface area contributed by atoms with Crippen LogP contribution < -0.4 is 4.90 Å². The van der Waals surface area contributed by atoms with Crippen molar-refractivity contribution < 1.29 is 0 Å². The Morgan fingerprint density at radius 1 is 0.622 bits per heavy atom. The molecule has 0 saturated heterocycles. The molecule has 0 N–H and O–H groups in total. The van der Waals surface area contributed by atoms with Crippen LogP contribution in [0.3, 0.4) is 0 Å². The molecule has 0 aromatic heterocycles. The predicted octanol–water partition coefficient (Wildman–Crippen LogP) is 11.2. The van der Waals surface area contributed by atoms with Gasteiger partial charge in [0.15, 0.2) is 0 Å². The summed E-state index contributed by atoms with van der Waals surface area (Å²) < 4.78 is 0. The Morgan fingerprint density at radius 2 is 1.08 bits per heavy atom. The molecule has 1 unspecified atom stereocenters. The minimum atomic E-state index is -0.500. The molecule has 1 aromatic rings. The lowest BCUT2D eigenvalue weighted by Gasteiger charge is -2.45. The maximum absolute atomic E-state index is 4.21. The zero-order valence-corrected chi connectivity index (χ0v) is 25.7. The molecular formula is C36H53N. The van der Waals surface area contributed by atoms with Crippen molar-refractivity contribution in [3.8, 4) is 0 Å². The molecule has 1 spiro atoms. The van der Waals surface area contributed by atoms with Crippen LogP contribution in [0.1, 0.15) is 74.8 Å². The number of fused-ring (bicyclic) bond motifs is 2. The molecule has 0 saturated carbocycles. The molecule has 0 fully saturated rings. The Bertz CT molecular complexity index is 1050. The van der Waals surface area contributed by atoms with Gasteiger partial charge in [-0.2, -0.15) is 0 Å². The predicted molar refractivity (Wildman–Crippen MR) is 173 cm³/mol. The molecule has 0 amide bonds. The van der Waals surface area contributed by atoms with Crippen LogP contribution in [0, 0.1) is 0 Å². The van der Waals surface area contributed by atoms with E-state index in [0.717, 1.165) is 28.1 Å². The van der Waals surface area contributed by atoms with Crippen LogP contribution in [0.15, 0.2) is 133 Å². The molecule has 0 radical (unpaired) electrons. The Balaban J connectivity index is 0. The van der Waals surface area contributed by atoms with E-state index in [-0.39, 0.29) is 0 Å². The van der Waals surface area contributed by atoms with E-state index in [1.165, 1.54) is 16.7 Å². The average Bonchev–Trinajstić information content (AvgIpc) is 3.25. The van der Waals surface area contributed by atoms with E-state index in [1.54, 1.807) is 0 Å². The molecule has 0 bridgehead atoms. The first-order valence-electron chi connectivity index (χ1n) is 13.9.